The van der Waals surface area contributed by atoms with Gasteiger partial charge in [-0.25, -0.2) is 4.39 Å². The van der Waals surface area contributed by atoms with Crippen LogP contribution in [0.4, 0.5) is 10.1 Å². The Labute approximate surface area is 199 Å². The molecule has 1 aromatic heterocycles. The van der Waals surface area contributed by atoms with Gasteiger partial charge in [0.15, 0.2) is 0 Å². The van der Waals surface area contributed by atoms with Gasteiger partial charge < -0.3 is 14.3 Å². The van der Waals surface area contributed by atoms with E-state index in [1.807, 2.05) is 36.1 Å². The van der Waals surface area contributed by atoms with Gasteiger partial charge in [0, 0.05) is 43.3 Å². The number of likely N-dealkylation sites (tertiary alicyclic amines) is 1. The Morgan fingerprint density at radius 2 is 1.71 bits per heavy atom. The number of aromatic nitrogens is 2. The van der Waals surface area contributed by atoms with Crippen LogP contribution in [0.2, 0.25) is 0 Å². The SMILES string of the molecule is Cc1ccccc1-c1noc(CN2CCC(C(=O)N3CCN(c4ccc(F)cc4)CC3)CC2)n1. The average molecular weight is 464 g/mol. The number of hydrogen-bond donors (Lipinski definition) is 0. The molecule has 34 heavy (non-hydrogen) atoms. The van der Waals surface area contributed by atoms with Crippen LogP contribution in [0.25, 0.3) is 11.4 Å². The Bertz CT molecular complexity index is 1120. The van der Waals surface area contributed by atoms with Crippen LogP contribution >= 0.6 is 0 Å². The van der Waals surface area contributed by atoms with Gasteiger partial charge >= 0.3 is 0 Å². The number of benzene rings is 2. The van der Waals surface area contributed by atoms with Gasteiger partial charge in [-0.05, 0) is 62.7 Å². The number of aryl methyl sites for hydroxylation is 1. The third kappa shape index (κ3) is 4.97. The van der Waals surface area contributed by atoms with E-state index in [2.05, 4.69) is 19.9 Å². The minimum atomic E-state index is -0.227. The van der Waals surface area contributed by atoms with Crippen LogP contribution in [0.15, 0.2) is 53.1 Å². The van der Waals surface area contributed by atoms with Crippen molar-refractivity contribution in [2.45, 2.75) is 26.3 Å². The molecular weight excluding hydrogens is 433 g/mol. The molecule has 0 atom stereocenters. The molecule has 2 aliphatic heterocycles. The van der Waals surface area contributed by atoms with Crippen LogP contribution in [-0.4, -0.2) is 65.1 Å². The van der Waals surface area contributed by atoms with Gasteiger partial charge in [-0.15, -0.1) is 0 Å². The Morgan fingerprint density at radius 1 is 1.00 bits per heavy atom. The second kappa shape index (κ2) is 9.93. The minimum Gasteiger partial charge on any atom is -0.368 e. The molecule has 7 nitrogen and oxygen atoms in total. The summed E-state index contributed by atoms with van der Waals surface area (Å²) in [6.07, 6.45) is 1.69. The fraction of sp³-hybridized carbons (Fsp3) is 0.423. The van der Waals surface area contributed by atoms with Gasteiger partial charge in [0.25, 0.3) is 0 Å². The van der Waals surface area contributed by atoms with E-state index in [1.54, 1.807) is 12.1 Å². The summed E-state index contributed by atoms with van der Waals surface area (Å²) in [5.74, 6) is 1.34. The predicted molar refractivity (Wildman–Crippen MR) is 128 cm³/mol. The monoisotopic (exact) mass is 463 g/mol. The van der Waals surface area contributed by atoms with Gasteiger partial charge in [-0.1, -0.05) is 29.4 Å². The maximum absolute atomic E-state index is 13.2. The van der Waals surface area contributed by atoms with Crippen molar-refractivity contribution in [3.63, 3.8) is 0 Å². The van der Waals surface area contributed by atoms with E-state index in [0.29, 0.717) is 31.3 Å². The molecule has 0 saturated carbocycles. The zero-order valence-electron chi connectivity index (χ0n) is 19.5. The van der Waals surface area contributed by atoms with Crippen LogP contribution in [0.3, 0.4) is 0 Å². The van der Waals surface area contributed by atoms with E-state index in [9.17, 15) is 9.18 Å². The lowest BCUT2D eigenvalue weighted by Gasteiger charge is -2.39. The number of piperazine rings is 1. The Hall–Kier alpha value is -3.26. The first-order valence-electron chi connectivity index (χ1n) is 12.0. The molecule has 178 valence electrons. The molecular formula is C26H30FN5O2. The van der Waals surface area contributed by atoms with Crippen LogP contribution in [0, 0.1) is 18.7 Å². The van der Waals surface area contributed by atoms with E-state index in [-0.39, 0.29) is 17.6 Å². The quantitative estimate of drug-likeness (QED) is 0.574. The number of rotatable bonds is 5. The fourth-order valence-electron chi connectivity index (χ4n) is 4.88. The number of anilines is 1. The highest BCUT2D eigenvalue weighted by Gasteiger charge is 2.31. The smallest absolute Gasteiger partial charge is 0.241 e. The number of carbonyl (C=O) groups excluding carboxylic acids is 1. The molecule has 2 fully saturated rings. The van der Waals surface area contributed by atoms with Gasteiger partial charge in [-0.2, -0.15) is 4.98 Å². The van der Waals surface area contributed by atoms with E-state index in [4.69, 9.17) is 4.52 Å². The first-order valence-corrected chi connectivity index (χ1v) is 12.0. The summed E-state index contributed by atoms with van der Waals surface area (Å²) >= 11 is 0. The van der Waals surface area contributed by atoms with Crippen molar-refractivity contribution in [2.75, 3.05) is 44.2 Å². The lowest BCUT2D eigenvalue weighted by atomic mass is 9.95. The maximum Gasteiger partial charge on any atom is 0.241 e. The summed E-state index contributed by atoms with van der Waals surface area (Å²) in [4.78, 5) is 24.2. The van der Waals surface area contributed by atoms with Crippen molar-refractivity contribution in [1.29, 1.82) is 0 Å². The fourth-order valence-corrected chi connectivity index (χ4v) is 4.88. The molecule has 0 radical (unpaired) electrons. The number of halogens is 1. The normalized spacial score (nSPS) is 17.8. The Balaban J connectivity index is 1.09. The highest BCUT2D eigenvalue weighted by atomic mass is 19.1. The summed E-state index contributed by atoms with van der Waals surface area (Å²) in [5, 5.41) is 4.15. The van der Waals surface area contributed by atoms with Crippen LogP contribution < -0.4 is 4.90 Å². The average Bonchev–Trinajstić information content (AvgIpc) is 3.33. The lowest BCUT2D eigenvalue weighted by Crippen LogP contribution is -2.51. The standard InChI is InChI=1S/C26H30FN5O2/c1-19-4-2-3-5-23(19)25-28-24(34-29-25)18-30-12-10-20(11-13-30)26(33)32-16-14-31(15-17-32)22-8-6-21(27)7-9-22/h2-9,20H,10-18H2,1H3. The van der Waals surface area contributed by atoms with Gasteiger partial charge in [0.2, 0.25) is 17.6 Å². The number of carbonyl (C=O) groups is 1. The third-order valence-corrected chi connectivity index (χ3v) is 6.93. The van der Waals surface area contributed by atoms with Crippen LogP contribution in [-0.2, 0) is 11.3 Å². The molecule has 0 N–H and O–H groups in total. The molecule has 2 saturated heterocycles. The first-order chi connectivity index (χ1) is 16.6. The minimum absolute atomic E-state index is 0.0684. The highest BCUT2D eigenvalue weighted by Crippen LogP contribution is 2.24. The van der Waals surface area contributed by atoms with Crippen molar-refractivity contribution in [3.8, 4) is 11.4 Å². The second-order valence-corrected chi connectivity index (χ2v) is 9.17. The van der Waals surface area contributed by atoms with Crippen LogP contribution in [0.1, 0.15) is 24.3 Å². The lowest BCUT2D eigenvalue weighted by molar-refractivity contribution is -0.137. The molecule has 5 rings (SSSR count). The summed E-state index contributed by atoms with van der Waals surface area (Å²) in [5.41, 5.74) is 3.11. The van der Waals surface area contributed by atoms with Gasteiger partial charge in [-0.3, -0.25) is 9.69 Å². The maximum atomic E-state index is 13.2. The molecule has 0 bridgehead atoms. The van der Waals surface area contributed by atoms with Gasteiger partial charge in [0.05, 0.1) is 6.54 Å². The number of hydrogen-bond acceptors (Lipinski definition) is 6. The summed E-state index contributed by atoms with van der Waals surface area (Å²) in [6.45, 7) is 7.29. The molecule has 0 unspecified atom stereocenters. The molecule has 2 aromatic carbocycles. The molecule has 1 amide bonds. The van der Waals surface area contributed by atoms with E-state index >= 15 is 0 Å². The van der Waals surface area contributed by atoms with E-state index < -0.39 is 0 Å². The highest BCUT2D eigenvalue weighted by molar-refractivity contribution is 5.79. The van der Waals surface area contributed by atoms with E-state index in [0.717, 1.165) is 55.8 Å². The molecule has 0 spiro atoms. The summed E-state index contributed by atoms with van der Waals surface area (Å²) in [7, 11) is 0. The topological polar surface area (TPSA) is 65.7 Å². The number of nitrogens with zero attached hydrogens (tertiary/aromatic N) is 5. The van der Waals surface area contributed by atoms with E-state index in [1.165, 1.54) is 12.1 Å². The largest absolute Gasteiger partial charge is 0.368 e. The van der Waals surface area contributed by atoms with Crippen molar-refractivity contribution < 1.29 is 13.7 Å². The van der Waals surface area contributed by atoms with Crippen molar-refractivity contribution in [1.82, 2.24) is 19.9 Å². The zero-order valence-corrected chi connectivity index (χ0v) is 19.5. The molecule has 8 heteroatoms. The Kier molecular flexibility index (Phi) is 6.58. The molecule has 3 heterocycles. The number of piperidine rings is 1. The summed E-state index contributed by atoms with van der Waals surface area (Å²) in [6, 6.07) is 14.6. The predicted octanol–water partition coefficient (Wildman–Crippen LogP) is 3.74. The Morgan fingerprint density at radius 3 is 2.41 bits per heavy atom. The molecule has 0 aliphatic carbocycles. The number of amides is 1. The first kappa shape index (κ1) is 22.5. The molecule has 3 aromatic rings. The third-order valence-electron chi connectivity index (χ3n) is 6.93. The summed E-state index contributed by atoms with van der Waals surface area (Å²) < 4.78 is 18.7. The van der Waals surface area contributed by atoms with Crippen LogP contribution in [0.5, 0.6) is 0 Å². The molecule has 2 aliphatic rings. The van der Waals surface area contributed by atoms with Crippen molar-refractivity contribution in [2.24, 2.45) is 5.92 Å². The van der Waals surface area contributed by atoms with Crippen molar-refractivity contribution >= 4 is 11.6 Å². The zero-order chi connectivity index (χ0) is 23.5. The van der Waals surface area contributed by atoms with Gasteiger partial charge in [0.1, 0.15) is 5.82 Å². The van der Waals surface area contributed by atoms with Crippen molar-refractivity contribution in [3.05, 3.63) is 65.8 Å². The second-order valence-electron chi connectivity index (χ2n) is 9.17.